The predicted octanol–water partition coefficient (Wildman–Crippen LogP) is 8.02. The first-order valence-corrected chi connectivity index (χ1v) is 16.7. The maximum Gasteiger partial charge on any atom is 0.425 e. The molecule has 0 bridgehead atoms. The number of imide groups is 4. The van der Waals surface area contributed by atoms with Crippen LogP contribution in [0.25, 0.3) is 6.08 Å². The number of rotatable bonds is 7. The second-order valence-corrected chi connectivity index (χ2v) is 15.3. The summed E-state index contributed by atoms with van der Waals surface area (Å²) in [7, 11) is 1.64. The highest BCUT2D eigenvalue weighted by Crippen LogP contribution is 2.57. The molecule has 5 rings (SSSR count). The number of benzene rings is 2. The first kappa shape index (κ1) is 35.1. The molecule has 1 heterocycles. The molecule has 2 fully saturated rings. The number of nitrogens with zero attached hydrogens (tertiary/aromatic N) is 2. The number of hydrogen-bond acceptors (Lipinski definition) is 8. The van der Waals surface area contributed by atoms with Crippen molar-refractivity contribution in [3.63, 3.8) is 0 Å². The third-order valence-electron chi connectivity index (χ3n) is 9.31. The Bertz CT molecular complexity index is 1590. The van der Waals surface area contributed by atoms with E-state index in [0.717, 1.165) is 28.2 Å². The van der Waals surface area contributed by atoms with Crippen LogP contribution < -0.4 is 4.74 Å². The van der Waals surface area contributed by atoms with Crippen molar-refractivity contribution in [1.29, 1.82) is 0 Å². The van der Waals surface area contributed by atoms with Crippen LogP contribution in [0.1, 0.15) is 97.3 Å². The fourth-order valence-electron chi connectivity index (χ4n) is 7.17. The van der Waals surface area contributed by atoms with Crippen molar-refractivity contribution >= 4 is 30.2 Å². The minimum atomic E-state index is -1.57. The quantitative estimate of drug-likeness (QED) is 0.275. The maximum atomic E-state index is 14.2. The summed E-state index contributed by atoms with van der Waals surface area (Å²) in [6, 6.07) is 15.0. The lowest BCUT2D eigenvalue weighted by molar-refractivity contribution is -0.134. The molecule has 2 aliphatic carbocycles. The van der Waals surface area contributed by atoms with Crippen LogP contribution in [-0.4, -0.2) is 64.4 Å². The largest absolute Gasteiger partial charge is 0.497 e. The summed E-state index contributed by atoms with van der Waals surface area (Å²) in [6.07, 6.45) is 2.30. The molecule has 0 unspecified atom stereocenters. The molecule has 5 amide bonds. The molecule has 1 atom stereocenters. The van der Waals surface area contributed by atoms with Crippen LogP contribution >= 0.6 is 0 Å². The lowest BCUT2D eigenvalue weighted by Gasteiger charge is -2.46. The van der Waals surface area contributed by atoms with Crippen molar-refractivity contribution in [3.8, 4) is 5.75 Å². The van der Waals surface area contributed by atoms with E-state index in [2.05, 4.69) is 25.1 Å². The van der Waals surface area contributed by atoms with Crippen LogP contribution in [0.5, 0.6) is 5.75 Å². The van der Waals surface area contributed by atoms with E-state index in [-0.39, 0.29) is 18.8 Å². The molecule has 1 aliphatic heterocycles. The van der Waals surface area contributed by atoms with Crippen molar-refractivity contribution in [2.45, 2.75) is 109 Å². The lowest BCUT2D eigenvalue weighted by atomic mass is 9.61. The average Bonchev–Trinajstić information content (AvgIpc) is 3.40. The highest BCUT2D eigenvalue weighted by atomic mass is 16.6. The number of carbonyl (C=O) groups is 4. The Morgan fingerprint density at radius 3 is 2.06 bits per heavy atom. The fraction of sp³-hybridized carbons (Fsp3) is 0.526. The van der Waals surface area contributed by atoms with Crippen molar-refractivity contribution in [2.24, 2.45) is 5.92 Å². The number of hydrogen-bond donors (Lipinski definition) is 0. The minimum Gasteiger partial charge on any atom is -0.497 e. The number of carbonyl (C=O) groups excluding carboxylic acids is 4. The standard InChI is InChI=1S/C38H48N2O8/c1-25(23-46-24-26-13-15-29(45-8)16-14-26)21-28-22-27-11-9-10-12-30(27)37(28)17-19-38(20-18-37)31(41)39(33(43)47-35(2,3)4)32(42)40(38)34(44)48-36(5,6)7/h9-16,22,25H,17-21,23-24H2,1-8H3/t25-,37?,38?/m1/s1. The zero-order valence-electron chi connectivity index (χ0n) is 29.4. The van der Waals surface area contributed by atoms with Gasteiger partial charge < -0.3 is 18.9 Å². The molecule has 0 N–H and O–H groups in total. The summed E-state index contributed by atoms with van der Waals surface area (Å²) >= 11 is 0. The van der Waals surface area contributed by atoms with Crippen LogP contribution in [0.15, 0.2) is 54.1 Å². The number of amides is 5. The van der Waals surface area contributed by atoms with Crippen LogP contribution in [0.4, 0.5) is 14.4 Å². The first-order chi connectivity index (χ1) is 22.5. The monoisotopic (exact) mass is 660 g/mol. The molecule has 10 nitrogen and oxygen atoms in total. The van der Waals surface area contributed by atoms with E-state index in [4.69, 9.17) is 18.9 Å². The Kier molecular flexibility index (Phi) is 9.54. The van der Waals surface area contributed by atoms with Crippen molar-refractivity contribution < 1.29 is 38.1 Å². The van der Waals surface area contributed by atoms with E-state index in [9.17, 15) is 19.2 Å². The van der Waals surface area contributed by atoms with Gasteiger partial charge in [0.2, 0.25) is 0 Å². The molecular formula is C38H48N2O8. The Balaban J connectivity index is 1.38. The van der Waals surface area contributed by atoms with Gasteiger partial charge in [0, 0.05) is 12.0 Å². The Morgan fingerprint density at radius 1 is 0.854 bits per heavy atom. The third kappa shape index (κ3) is 6.86. The summed E-state index contributed by atoms with van der Waals surface area (Å²) in [5.74, 6) is 0.251. The molecule has 0 aromatic heterocycles. The van der Waals surface area contributed by atoms with Gasteiger partial charge in [-0.2, -0.15) is 4.90 Å². The molecule has 3 aliphatic rings. The summed E-state index contributed by atoms with van der Waals surface area (Å²) in [6.45, 7) is 13.2. The van der Waals surface area contributed by atoms with Gasteiger partial charge in [0.1, 0.15) is 22.5 Å². The van der Waals surface area contributed by atoms with E-state index in [1.807, 2.05) is 36.4 Å². The summed E-state index contributed by atoms with van der Waals surface area (Å²) in [5.41, 5.74) is 0.755. The van der Waals surface area contributed by atoms with Gasteiger partial charge in [-0.3, -0.25) is 4.79 Å². The van der Waals surface area contributed by atoms with Gasteiger partial charge in [0.15, 0.2) is 0 Å². The van der Waals surface area contributed by atoms with Gasteiger partial charge in [0.25, 0.3) is 5.91 Å². The Labute approximate surface area is 283 Å². The third-order valence-corrected chi connectivity index (χ3v) is 9.31. The molecule has 10 heteroatoms. The van der Waals surface area contributed by atoms with E-state index in [1.54, 1.807) is 48.7 Å². The topological polar surface area (TPSA) is 112 Å². The first-order valence-electron chi connectivity index (χ1n) is 16.7. The van der Waals surface area contributed by atoms with Crippen molar-refractivity contribution in [3.05, 3.63) is 70.8 Å². The Hall–Kier alpha value is -4.18. The van der Waals surface area contributed by atoms with Crippen molar-refractivity contribution in [1.82, 2.24) is 9.80 Å². The molecule has 0 radical (unpaired) electrons. The van der Waals surface area contributed by atoms with Crippen LogP contribution in [0, 0.1) is 5.92 Å². The molecule has 2 spiro atoms. The minimum absolute atomic E-state index is 0.171. The maximum absolute atomic E-state index is 14.2. The van der Waals surface area contributed by atoms with Crippen LogP contribution in [0.2, 0.25) is 0 Å². The van der Waals surface area contributed by atoms with Crippen molar-refractivity contribution in [2.75, 3.05) is 13.7 Å². The predicted molar refractivity (Wildman–Crippen MR) is 180 cm³/mol. The number of urea groups is 1. The van der Waals surface area contributed by atoms with Gasteiger partial charge in [-0.25, -0.2) is 19.3 Å². The van der Waals surface area contributed by atoms with Gasteiger partial charge in [-0.15, -0.1) is 0 Å². The van der Waals surface area contributed by atoms with Crippen LogP contribution in [0.3, 0.4) is 0 Å². The summed E-state index contributed by atoms with van der Waals surface area (Å²) in [5, 5.41) is 0. The summed E-state index contributed by atoms with van der Waals surface area (Å²) < 4.78 is 22.4. The average molecular weight is 661 g/mol. The molecule has 258 valence electrons. The number of fused-ring (bicyclic) bond motifs is 2. The molecule has 2 aromatic carbocycles. The Morgan fingerprint density at radius 2 is 1.46 bits per heavy atom. The molecule has 1 saturated carbocycles. The SMILES string of the molecule is COc1ccc(COC[C@H](C)CC2=Cc3ccccc3C23CCC2(CC3)C(=O)N(C(=O)OC(C)(C)C)C(=O)N2C(=O)OC(C)(C)C)cc1. The van der Waals surface area contributed by atoms with Gasteiger partial charge in [-0.05, 0) is 108 Å². The van der Waals surface area contributed by atoms with E-state index >= 15 is 0 Å². The van der Waals surface area contributed by atoms with E-state index in [0.29, 0.717) is 31.0 Å². The molecule has 48 heavy (non-hydrogen) atoms. The molecule has 1 saturated heterocycles. The lowest BCUT2D eigenvalue weighted by Crippen LogP contribution is -2.57. The fourth-order valence-corrected chi connectivity index (χ4v) is 7.17. The second kappa shape index (κ2) is 13.0. The second-order valence-electron chi connectivity index (χ2n) is 15.3. The number of methoxy groups -OCH3 is 1. The highest BCUT2D eigenvalue weighted by Gasteiger charge is 2.66. The van der Waals surface area contributed by atoms with Gasteiger partial charge >= 0.3 is 18.2 Å². The normalized spacial score (nSPS) is 23.0. The number of allylic oxidation sites excluding steroid dienone is 1. The molecular weight excluding hydrogens is 612 g/mol. The smallest absolute Gasteiger partial charge is 0.425 e. The van der Waals surface area contributed by atoms with E-state index < -0.39 is 46.3 Å². The van der Waals surface area contributed by atoms with Gasteiger partial charge in [0.05, 0.1) is 13.7 Å². The van der Waals surface area contributed by atoms with E-state index in [1.165, 1.54) is 11.1 Å². The zero-order valence-corrected chi connectivity index (χ0v) is 29.4. The molecule has 2 aromatic rings. The number of ether oxygens (including phenoxy) is 4. The zero-order chi connectivity index (χ0) is 35.1. The summed E-state index contributed by atoms with van der Waals surface area (Å²) in [4.78, 5) is 56.2. The van der Waals surface area contributed by atoms with Crippen LogP contribution in [-0.2, 0) is 31.0 Å². The van der Waals surface area contributed by atoms with Gasteiger partial charge in [-0.1, -0.05) is 55.0 Å². The highest BCUT2D eigenvalue weighted by molar-refractivity contribution is 6.20.